The van der Waals surface area contributed by atoms with E-state index in [9.17, 15) is 4.79 Å². The molecule has 1 aliphatic rings. The minimum Gasteiger partial charge on any atom is -0.493 e. The summed E-state index contributed by atoms with van der Waals surface area (Å²) in [5, 5.41) is 9.54. The average molecular weight is 289 g/mol. The molecule has 3 nitrogen and oxygen atoms in total. The summed E-state index contributed by atoms with van der Waals surface area (Å²) in [6, 6.07) is 10.8. The monoisotopic (exact) mass is 288 g/mol. The van der Waals surface area contributed by atoms with Crippen molar-refractivity contribution >= 4 is 17.6 Å². The van der Waals surface area contributed by atoms with Crippen molar-refractivity contribution in [2.45, 2.75) is 12.8 Å². The summed E-state index contributed by atoms with van der Waals surface area (Å²) in [4.78, 5) is 11.1. The van der Waals surface area contributed by atoms with Crippen molar-refractivity contribution in [1.82, 2.24) is 0 Å². The zero-order chi connectivity index (χ0) is 14.1. The molecule has 0 unspecified atom stereocenters. The first-order valence-electron chi connectivity index (χ1n) is 6.44. The molecule has 0 fully saturated rings. The van der Waals surface area contributed by atoms with Gasteiger partial charge in [0.25, 0.3) is 0 Å². The van der Waals surface area contributed by atoms with Crippen LogP contribution >= 0.6 is 11.6 Å². The van der Waals surface area contributed by atoms with E-state index in [1.165, 1.54) is 6.07 Å². The highest BCUT2D eigenvalue weighted by Gasteiger charge is 2.17. The highest BCUT2D eigenvalue weighted by Crippen LogP contribution is 2.37. The zero-order valence-corrected chi connectivity index (χ0v) is 11.5. The Labute approximate surface area is 121 Å². The Morgan fingerprint density at radius 1 is 1.25 bits per heavy atom. The van der Waals surface area contributed by atoms with Gasteiger partial charge in [-0.2, -0.15) is 0 Å². The molecule has 0 atom stereocenters. The van der Waals surface area contributed by atoms with E-state index in [-0.39, 0.29) is 5.56 Å². The number of aryl methyl sites for hydroxylation is 1. The maximum Gasteiger partial charge on any atom is 0.335 e. The van der Waals surface area contributed by atoms with Crippen LogP contribution in [-0.4, -0.2) is 17.7 Å². The Morgan fingerprint density at radius 2 is 2.10 bits per heavy atom. The van der Waals surface area contributed by atoms with E-state index in [2.05, 4.69) is 0 Å². The molecule has 0 spiro atoms. The number of aromatic carboxylic acids is 1. The Balaban J connectivity index is 2.16. The fourth-order valence-electron chi connectivity index (χ4n) is 2.48. The van der Waals surface area contributed by atoms with Gasteiger partial charge in [0.1, 0.15) is 5.75 Å². The van der Waals surface area contributed by atoms with E-state index < -0.39 is 5.97 Å². The van der Waals surface area contributed by atoms with Crippen LogP contribution in [0, 0.1) is 0 Å². The van der Waals surface area contributed by atoms with Crippen LogP contribution < -0.4 is 4.74 Å². The molecule has 20 heavy (non-hydrogen) atoms. The average Bonchev–Trinajstić information content (AvgIpc) is 2.46. The normalized spacial score (nSPS) is 13.4. The van der Waals surface area contributed by atoms with Crippen LogP contribution in [0.5, 0.6) is 5.75 Å². The van der Waals surface area contributed by atoms with E-state index in [4.69, 9.17) is 21.4 Å². The van der Waals surface area contributed by atoms with Crippen molar-refractivity contribution in [3.05, 3.63) is 52.5 Å². The largest absolute Gasteiger partial charge is 0.493 e. The number of hydrogen-bond acceptors (Lipinski definition) is 2. The van der Waals surface area contributed by atoms with Crippen molar-refractivity contribution in [2.75, 3.05) is 6.61 Å². The Bertz CT molecular complexity index is 679. The number of carboxylic acids is 1. The second kappa shape index (κ2) is 5.17. The van der Waals surface area contributed by atoms with E-state index in [0.29, 0.717) is 11.6 Å². The van der Waals surface area contributed by atoms with Crippen molar-refractivity contribution in [2.24, 2.45) is 0 Å². The van der Waals surface area contributed by atoms with E-state index in [1.54, 1.807) is 12.1 Å². The minimum atomic E-state index is -0.987. The second-order valence-electron chi connectivity index (χ2n) is 4.78. The standard InChI is InChI=1S/C16H13ClO3/c17-13-8-11(7-12(9-13)16(18)19)14-5-1-3-10-4-2-6-20-15(10)14/h1,3,5,7-9H,2,4,6H2,(H,18,19). The third-order valence-electron chi connectivity index (χ3n) is 3.39. The first kappa shape index (κ1) is 13.0. The highest BCUT2D eigenvalue weighted by molar-refractivity contribution is 6.31. The van der Waals surface area contributed by atoms with Gasteiger partial charge in [-0.3, -0.25) is 0 Å². The molecule has 1 aliphatic heterocycles. The molecule has 0 amide bonds. The van der Waals surface area contributed by atoms with Crippen LogP contribution in [-0.2, 0) is 6.42 Å². The van der Waals surface area contributed by atoms with Gasteiger partial charge >= 0.3 is 5.97 Å². The molecule has 3 rings (SSSR count). The number of halogens is 1. The Kier molecular flexibility index (Phi) is 3.36. The van der Waals surface area contributed by atoms with Crippen molar-refractivity contribution in [3.8, 4) is 16.9 Å². The highest BCUT2D eigenvalue weighted by atomic mass is 35.5. The first-order chi connectivity index (χ1) is 9.65. The molecule has 102 valence electrons. The van der Waals surface area contributed by atoms with Gasteiger partial charge in [0, 0.05) is 10.6 Å². The summed E-state index contributed by atoms with van der Waals surface area (Å²) in [7, 11) is 0. The maximum absolute atomic E-state index is 11.1. The lowest BCUT2D eigenvalue weighted by Crippen LogP contribution is -2.09. The van der Waals surface area contributed by atoms with Gasteiger partial charge in [0.2, 0.25) is 0 Å². The van der Waals surface area contributed by atoms with Gasteiger partial charge in [-0.1, -0.05) is 29.8 Å². The van der Waals surface area contributed by atoms with E-state index in [0.717, 1.165) is 35.3 Å². The predicted octanol–water partition coefficient (Wildman–Crippen LogP) is 4.03. The maximum atomic E-state index is 11.1. The van der Waals surface area contributed by atoms with Crippen LogP contribution in [0.15, 0.2) is 36.4 Å². The molecule has 0 saturated carbocycles. The number of para-hydroxylation sites is 1. The number of fused-ring (bicyclic) bond motifs is 1. The smallest absolute Gasteiger partial charge is 0.335 e. The van der Waals surface area contributed by atoms with Crippen molar-refractivity contribution < 1.29 is 14.6 Å². The number of hydrogen-bond donors (Lipinski definition) is 1. The third kappa shape index (κ3) is 2.37. The molecule has 0 bridgehead atoms. The molecule has 1 N–H and O–H groups in total. The lowest BCUT2D eigenvalue weighted by molar-refractivity contribution is 0.0697. The molecular weight excluding hydrogens is 276 g/mol. The van der Waals surface area contributed by atoms with E-state index in [1.807, 2.05) is 18.2 Å². The Morgan fingerprint density at radius 3 is 2.90 bits per heavy atom. The lowest BCUT2D eigenvalue weighted by Gasteiger charge is -2.20. The first-order valence-corrected chi connectivity index (χ1v) is 6.82. The lowest BCUT2D eigenvalue weighted by atomic mass is 9.96. The van der Waals surface area contributed by atoms with Gasteiger partial charge < -0.3 is 9.84 Å². The molecule has 2 aromatic rings. The van der Waals surface area contributed by atoms with Gasteiger partial charge in [0.05, 0.1) is 12.2 Å². The zero-order valence-electron chi connectivity index (χ0n) is 10.7. The molecule has 0 aromatic heterocycles. The van der Waals surface area contributed by atoms with Gasteiger partial charge in [-0.15, -0.1) is 0 Å². The summed E-state index contributed by atoms with van der Waals surface area (Å²) < 4.78 is 5.76. The number of carbonyl (C=O) groups is 1. The fourth-order valence-corrected chi connectivity index (χ4v) is 2.72. The summed E-state index contributed by atoms with van der Waals surface area (Å²) in [5.74, 6) is -0.142. The minimum absolute atomic E-state index is 0.181. The predicted molar refractivity (Wildman–Crippen MR) is 77.7 cm³/mol. The van der Waals surface area contributed by atoms with Gasteiger partial charge in [-0.25, -0.2) is 4.79 Å². The van der Waals surface area contributed by atoms with Gasteiger partial charge in [-0.05, 0) is 42.2 Å². The third-order valence-corrected chi connectivity index (χ3v) is 3.61. The van der Waals surface area contributed by atoms with E-state index >= 15 is 0 Å². The summed E-state index contributed by atoms with van der Waals surface area (Å²) >= 11 is 6.02. The van der Waals surface area contributed by atoms with Crippen molar-refractivity contribution in [1.29, 1.82) is 0 Å². The number of rotatable bonds is 2. The summed E-state index contributed by atoms with van der Waals surface area (Å²) in [5.41, 5.74) is 3.01. The van der Waals surface area contributed by atoms with Crippen molar-refractivity contribution in [3.63, 3.8) is 0 Å². The van der Waals surface area contributed by atoms with Crippen LogP contribution in [0.3, 0.4) is 0 Å². The topological polar surface area (TPSA) is 46.5 Å². The van der Waals surface area contributed by atoms with Gasteiger partial charge in [0.15, 0.2) is 0 Å². The molecule has 2 aromatic carbocycles. The number of benzene rings is 2. The van der Waals surface area contributed by atoms with Crippen LogP contribution in [0.4, 0.5) is 0 Å². The van der Waals surface area contributed by atoms with Crippen LogP contribution in [0.2, 0.25) is 5.02 Å². The number of ether oxygens (including phenoxy) is 1. The van der Waals surface area contributed by atoms with Crippen LogP contribution in [0.25, 0.3) is 11.1 Å². The second-order valence-corrected chi connectivity index (χ2v) is 5.22. The molecule has 0 radical (unpaired) electrons. The quantitative estimate of drug-likeness (QED) is 0.907. The molecule has 4 heteroatoms. The molecular formula is C16H13ClO3. The SMILES string of the molecule is O=C(O)c1cc(Cl)cc(-c2cccc3c2OCCC3)c1. The summed E-state index contributed by atoms with van der Waals surface area (Å²) in [6.45, 7) is 0.691. The number of carboxylic acid groups (broad SMARTS) is 1. The molecule has 0 aliphatic carbocycles. The van der Waals surface area contributed by atoms with Crippen LogP contribution in [0.1, 0.15) is 22.3 Å². The molecule has 1 heterocycles. The summed E-state index contributed by atoms with van der Waals surface area (Å²) in [6.07, 6.45) is 1.99. The fraction of sp³-hybridized carbons (Fsp3) is 0.188. The molecule has 0 saturated heterocycles. The Hall–Kier alpha value is -2.00.